The first-order valence-electron chi connectivity index (χ1n) is 7.21. The average Bonchev–Trinajstić information content (AvgIpc) is 2.39. The third kappa shape index (κ3) is 5.65. The van der Waals surface area contributed by atoms with Gasteiger partial charge in [0.1, 0.15) is 5.75 Å². The molecule has 2 N–H and O–H groups in total. The van der Waals surface area contributed by atoms with Gasteiger partial charge in [-0.05, 0) is 51.0 Å². The Morgan fingerprint density at radius 1 is 1.33 bits per heavy atom. The van der Waals surface area contributed by atoms with Crippen molar-refractivity contribution < 1.29 is 18.3 Å². The largest absolute Gasteiger partial charge is 0.491 e. The van der Waals surface area contributed by atoms with E-state index in [1.54, 1.807) is 12.1 Å². The number of benzene rings is 1. The lowest BCUT2D eigenvalue weighted by Gasteiger charge is -2.15. The van der Waals surface area contributed by atoms with Gasteiger partial charge in [0.2, 0.25) is 10.0 Å². The van der Waals surface area contributed by atoms with Crippen LogP contribution in [0.15, 0.2) is 23.1 Å². The van der Waals surface area contributed by atoms with Gasteiger partial charge in [-0.25, -0.2) is 13.1 Å². The predicted octanol–water partition coefficient (Wildman–Crippen LogP) is 2.22. The van der Waals surface area contributed by atoms with Crippen LogP contribution < -0.4 is 9.46 Å². The fraction of sp³-hybridized carbons (Fsp3) is 0.600. The van der Waals surface area contributed by atoms with Gasteiger partial charge in [-0.3, -0.25) is 0 Å². The second-order valence-electron chi connectivity index (χ2n) is 5.39. The van der Waals surface area contributed by atoms with Crippen molar-refractivity contribution in [2.75, 3.05) is 6.54 Å². The van der Waals surface area contributed by atoms with Crippen molar-refractivity contribution >= 4 is 10.0 Å². The number of ether oxygens (including phenoxy) is 1. The zero-order valence-electron chi connectivity index (χ0n) is 13.1. The molecule has 0 amide bonds. The molecule has 0 radical (unpaired) electrons. The third-order valence-electron chi connectivity index (χ3n) is 2.95. The molecule has 0 spiro atoms. The minimum absolute atomic E-state index is 0.0272. The topological polar surface area (TPSA) is 75.6 Å². The van der Waals surface area contributed by atoms with Crippen molar-refractivity contribution in [2.45, 2.75) is 57.6 Å². The number of hydrogen-bond acceptors (Lipinski definition) is 4. The van der Waals surface area contributed by atoms with E-state index in [4.69, 9.17) is 4.74 Å². The molecule has 0 aliphatic rings. The first-order chi connectivity index (χ1) is 9.76. The Labute approximate surface area is 127 Å². The molecule has 6 heteroatoms. The highest BCUT2D eigenvalue weighted by Crippen LogP contribution is 2.22. The van der Waals surface area contributed by atoms with Gasteiger partial charge in [0, 0.05) is 6.54 Å². The summed E-state index contributed by atoms with van der Waals surface area (Å²) in [6.45, 7) is 7.61. The summed E-state index contributed by atoms with van der Waals surface area (Å²) in [6.07, 6.45) is 0.759. The van der Waals surface area contributed by atoms with Crippen LogP contribution in [0.4, 0.5) is 0 Å². The monoisotopic (exact) mass is 315 g/mol. The molecule has 1 aromatic rings. The summed E-state index contributed by atoms with van der Waals surface area (Å²) >= 11 is 0. The summed E-state index contributed by atoms with van der Waals surface area (Å²) in [5.74, 6) is 0.676. The van der Waals surface area contributed by atoms with Crippen molar-refractivity contribution in [3.05, 3.63) is 23.8 Å². The quantitative estimate of drug-likeness (QED) is 0.771. The van der Waals surface area contributed by atoms with Crippen molar-refractivity contribution in [1.29, 1.82) is 0 Å². The fourth-order valence-corrected chi connectivity index (χ4v) is 3.06. The fourth-order valence-electron chi connectivity index (χ4n) is 1.90. The Bertz CT molecular complexity index is 555. The maximum absolute atomic E-state index is 12.2. The van der Waals surface area contributed by atoms with E-state index in [1.165, 1.54) is 6.07 Å². The van der Waals surface area contributed by atoms with Gasteiger partial charge in [-0.2, -0.15) is 0 Å². The van der Waals surface area contributed by atoms with E-state index in [9.17, 15) is 13.5 Å². The van der Waals surface area contributed by atoms with Gasteiger partial charge in [0.15, 0.2) is 0 Å². The van der Waals surface area contributed by atoms with Crippen LogP contribution in [0.2, 0.25) is 0 Å². The Balaban J connectivity index is 2.82. The second-order valence-corrected chi connectivity index (χ2v) is 7.16. The van der Waals surface area contributed by atoms with Crippen LogP contribution in [-0.4, -0.2) is 32.3 Å². The highest BCUT2D eigenvalue weighted by molar-refractivity contribution is 7.89. The van der Waals surface area contributed by atoms with Crippen molar-refractivity contribution in [1.82, 2.24) is 4.72 Å². The van der Waals surface area contributed by atoms with Crippen LogP contribution >= 0.6 is 0 Å². The van der Waals surface area contributed by atoms with E-state index in [0.717, 1.165) is 12.0 Å². The Hall–Kier alpha value is -1.11. The standard InChI is InChI=1S/C15H25NO4S/c1-5-6-13(17)10-16-21(18,19)14-7-8-15(12(4)9-14)20-11(2)3/h7-9,11,13,16-17H,5-6,10H2,1-4H3. The molecule has 0 aliphatic carbocycles. The van der Waals surface area contributed by atoms with E-state index in [2.05, 4.69) is 4.72 Å². The van der Waals surface area contributed by atoms with Gasteiger partial charge < -0.3 is 9.84 Å². The zero-order valence-corrected chi connectivity index (χ0v) is 13.9. The van der Waals surface area contributed by atoms with Gasteiger partial charge in [-0.15, -0.1) is 0 Å². The molecule has 1 unspecified atom stereocenters. The molecule has 0 aliphatic heterocycles. The van der Waals surface area contributed by atoms with Crippen LogP contribution in [0.5, 0.6) is 5.75 Å². The molecule has 0 saturated carbocycles. The minimum atomic E-state index is -3.61. The second kappa shape index (κ2) is 7.77. The summed E-state index contributed by atoms with van der Waals surface area (Å²) in [7, 11) is -3.61. The van der Waals surface area contributed by atoms with Crippen molar-refractivity contribution in [3.63, 3.8) is 0 Å². The maximum atomic E-state index is 12.2. The first kappa shape index (κ1) is 17.9. The van der Waals surface area contributed by atoms with Crippen LogP contribution in [0.25, 0.3) is 0 Å². The maximum Gasteiger partial charge on any atom is 0.240 e. The Kier molecular flexibility index (Phi) is 6.64. The Morgan fingerprint density at radius 3 is 2.52 bits per heavy atom. The molecule has 0 aromatic heterocycles. The smallest absolute Gasteiger partial charge is 0.240 e. The molecule has 0 fully saturated rings. The van der Waals surface area contributed by atoms with Crippen LogP contribution in [0, 0.1) is 6.92 Å². The number of sulfonamides is 1. The summed E-state index contributed by atoms with van der Waals surface area (Å²) in [5, 5.41) is 9.61. The van der Waals surface area contributed by atoms with Crippen LogP contribution in [0.3, 0.4) is 0 Å². The van der Waals surface area contributed by atoms with Crippen LogP contribution in [-0.2, 0) is 10.0 Å². The lowest BCUT2D eigenvalue weighted by molar-refractivity contribution is 0.167. The molecule has 0 bridgehead atoms. The van der Waals surface area contributed by atoms with E-state index in [0.29, 0.717) is 12.2 Å². The molecule has 1 atom stereocenters. The predicted molar refractivity (Wildman–Crippen MR) is 83.0 cm³/mol. The molecule has 21 heavy (non-hydrogen) atoms. The van der Waals surface area contributed by atoms with Gasteiger partial charge in [0.05, 0.1) is 17.1 Å². The van der Waals surface area contributed by atoms with Crippen molar-refractivity contribution in [3.8, 4) is 5.75 Å². The van der Waals surface area contributed by atoms with Crippen molar-refractivity contribution in [2.24, 2.45) is 0 Å². The number of aliphatic hydroxyl groups is 1. The molecule has 0 heterocycles. The average molecular weight is 315 g/mol. The normalized spacial score (nSPS) is 13.4. The van der Waals surface area contributed by atoms with E-state index in [1.807, 2.05) is 27.7 Å². The molecular weight excluding hydrogens is 290 g/mol. The van der Waals surface area contributed by atoms with E-state index in [-0.39, 0.29) is 17.5 Å². The number of nitrogens with one attached hydrogen (secondary N) is 1. The number of aryl methyl sites for hydroxylation is 1. The highest BCUT2D eigenvalue weighted by Gasteiger charge is 2.17. The molecule has 1 aromatic carbocycles. The number of aliphatic hydroxyl groups excluding tert-OH is 1. The first-order valence-corrected chi connectivity index (χ1v) is 8.69. The molecule has 1 rings (SSSR count). The molecule has 0 saturated heterocycles. The third-order valence-corrected chi connectivity index (χ3v) is 4.37. The van der Waals surface area contributed by atoms with Gasteiger partial charge in [0.25, 0.3) is 0 Å². The van der Waals surface area contributed by atoms with Gasteiger partial charge in [-0.1, -0.05) is 13.3 Å². The summed E-state index contributed by atoms with van der Waals surface area (Å²) in [5.41, 5.74) is 0.765. The Morgan fingerprint density at radius 2 is 2.00 bits per heavy atom. The number of hydrogen-bond donors (Lipinski definition) is 2. The number of rotatable bonds is 8. The minimum Gasteiger partial charge on any atom is -0.491 e. The SMILES string of the molecule is CCCC(O)CNS(=O)(=O)c1ccc(OC(C)C)c(C)c1. The highest BCUT2D eigenvalue weighted by atomic mass is 32.2. The van der Waals surface area contributed by atoms with Gasteiger partial charge >= 0.3 is 0 Å². The molecular formula is C15H25NO4S. The molecule has 120 valence electrons. The zero-order chi connectivity index (χ0) is 16.0. The summed E-state index contributed by atoms with van der Waals surface area (Å²) in [6, 6.07) is 4.75. The lowest BCUT2D eigenvalue weighted by atomic mass is 10.2. The van der Waals surface area contributed by atoms with E-state index >= 15 is 0 Å². The lowest BCUT2D eigenvalue weighted by Crippen LogP contribution is -2.32. The van der Waals surface area contributed by atoms with E-state index < -0.39 is 16.1 Å². The summed E-state index contributed by atoms with van der Waals surface area (Å²) in [4.78, 5) is 0.180. The summed E-state index contributed by atoms with van der Waals surface area (Å²) < 4.78 is 32.3. The molecule has 5 nitrogen and oxygen atoms in total. The van der Waals surface area contributed by atoms with Crippen LogP contribution in [0.1, 0.15) is 39.2 Å².